The van der Waals surface area contributed by atoms with Crippen LogP contribution in [0.25, 0.3) is 5.65 Å². The van der Waals surface area contributed by atoms with Gasteiger partial charge in [-0.05, 0) is 35.1 Å². The number of hydrogen-bond acceptors (Lipinski definition) is 4. The molecule has 1 amide bonds. The fraction of sp³-hybridized carbons (Fsp3) is 0.348. The third-order valence-electron chi connectivity index (χ3n) is 5.91. The van der Waals surface area contributed by atoms with Crippen molar-refractivity contribution in [1.29, 1.82) is 0 Å². The first-order chi connectivity index (χ1) is 13.6. The number of benzene rings is 1. The third-order valence-corrected chi connectivity index (χ3v) is 5.91. The van der Waals surface area contributed by atoms with Crippen molar-refractivity contribution in [3.8, 4) is 0 Å². The summed E-state index contributed by atoms with van der Waals surface area (Å²) in [5.74, 6) is -0.310. The molecule has 6 nitrogen and oxygen atoms in total. The Morgan fingerprint density at radius 2 is 1.79 bits per heavy atom. The Balaban J connectivity index is 1.87. The fourth-order valence-electron chi connectivity index (χ4n) is 4.02. The van der Waals surface area contributed by atoms with Gasteiger partial charge in [-0.2, -0.15) is 0 Å². The molecule has 0 spiro atoms. The van der Waals surface area contributed by atoms with Gasteiger partial charge >= 0.3 is 0 Å². The molecule has 2 N–H and O–H groups in total. The number of imidazole rings is 1. The first kappa shape index (κ1) is 19.2. The summed E-state index contributed by atoms with van der Waals surface area (Å²) in [6.45, 7) is 8.51. The summed E-state index contributed by atoms with van der Waals surface area (Å²) in [4.78, 5) is 23.9. The molecular weight excluding hydrogens is 362 g/mol. The molecule has 3 heterocycles. The molecule has 2 aromatic heterocycles. The van der Waals surface area contributed by atoms with Crippen molar-refractivity contribution in [2.75, 3.05) is 7.05 Å². The molecule has 6 heteroatoms. The molecule has 1 aliphatic heterocycles. The van der Waals surface area contributed by atoms with Crippen LogP contribution in [0.1, 0.15) is 50.3 Å². The number of nitrogens with zero attached hydrogens (tertiary/aromatic N) is 4. The molecule has 0 bridgehead atoms. The average Bonchev–Trinajstić information content (AvgIpc) is 3.14. The Morgan fingerprint density at radius 1 is 1.10 bits per heavy atom. The molecule has 1 aromatic carbocycles. The minimum absolute atomic E-state index is 0.0459. The van der Waals surface area contributed by atoms with E-state index in [-0.39, 0.29) is 17.3 Å². The van der Waals surface area contributed by atoms with E-state index in [1.807, 2.05) is 48.0 Å². The maximum absolute atomic E-state index is 13.4. The quantitative estimate of drug-likeness (QED) is 0.730. The van der Waals surface area contributed by atoms with Gasteiger partial charge in [0.25, 0.3) is 0 Å². The standard InChI is InChI=1S/C23H27N5O/c1-22(2,3)16-8-6-15(7-9-16)19-20(29)27(5)21(24)26-23(19,4)17-10-11-18-25-12-13-28(18)14-17/h6-14,19H,1-5H3,(H2,24,26)/t19-,23-/m1/s1. The molecule has 0 fully saturated rings. The van der Waals surface area contributed by atoms with Crippen LogP contribution < -0.4 is 5.73 Å². The van der Waals surface area contributed by atoms with E-state index < -0.39 is 11.5 Å². The second-order valence-electron chi connectivity index (χ2n) is 8.93. The third kappa shape index (κ3) is 3.09. The fourth-order valence-corrected chi connectivity index (χ4v) is 4.02. The lowest BCUT2D eigenvalue weighted by Crippen LogP contribution is -2.52. The lowest BCUT2D eigenvalue weighted by atomic mass is 9.74. The number of aliphatic imine (C=N–C) groups is 1. The Bertz CT molecular complexity index is 1110. The van der Waals surface area contributed by atoms with Gasteiger partial charge in [-0.25, -0.2) is 9.98 Å². The van der Waals surface area contributed by atoms with Crippen LogP contribution in [0.15, 0.2) is 60.0 Å². The van der Waals surface area contributed by atoms with E-state index in [0.29, 0.717) is 0 Å². The molecule has 0 aliphatic carbocycles. The Labute approximate surface area is 171 Å². The number of carbonyl (C=O) groups excluding carboxylic acids is 1. The van der Waals surface area contributed by atoms with Crippen LogP contribution in [0, 0.1) is 0 Å². The largest absolute Gasteiger partial charge is 0.369 e. The summed E-state index contributed by atoms with van der Waals surface area (Å²) in [5, 5.41) is 0. The van der Waals surface area contributed by atoms with Crippen molar-refractivity contribution in [2.24, 2.45) is 10.7 Å². The highest BCUT2D eigenvalue weighted by molar-refractivity contribution is 6.02. The second kappa shape index (κ2) is 6.44. The molecule has 0 saturated heterocycles. The van der Waals surface area contributed by atoms with Crippen LogP contribution in [0.5, 0.6) is 0 Å². The van der Waals surface area contributed by atoms with E-state index in [2.05, 4.69) is 37.9 Å². The first-order valence-corrected chi connectivity index (χ1v) is 9.78. The van der Waals surface area contributed by atoms with Gasteiger partial charge in [-0.3, -0.25) is 9.69 Å². The zero-order valence-corrected chi connectivity index (χ0v) is 17.5. The number of hydrogen-bond donors (Lipinski definition) is 1. The maximum atomic E-state index is 13.4. The summed E-state index contributed by atoms with van der Waals surface area (Å²) < 4.78 is 1.94. The van der Waals surface area contributed by atoms with E-state index in [1.165, 1.54) is 10.5 Å². The zero-order chi connectivity index (χ0) is 21.0. The SMILES string of the molecule is CN1C(=O)[C@@H](c2ccc(C(C)(C)C)cc2)[C@@](C)(c2ccc3nccn3c2)N=C1N. The topological polar surface area (TPSA) is 76.0 Å². The van der Waals surface area contributed by atoms with Gasteiger partial charge in [-0.15, -0.1) is 0 Å². The van der Waals surface area contributed by atoms with E-state index >= 15 is 0 Å². The van der Waals surface area contributed by atoms with Crippen LogP contribution in [0.2, 0.25) is 0 Å². The summed E-state index contributed by atoms with van der Waals surface area (Å²) in [7, 11) is 1.68. The van der Waals surface area contributed by atoms with Gasteiger partial charge in [0, 0.05) is 25.6 Å². The van der Waals surface area contributed by atoms with E-state index in [0.717, 1.165) is 16.8 Å². The molecule has 1 aliphatic rings. The van der Waals surface area contributed by atoms with Crippen molar-refractivity contribution in [3.63, 3.8) is 0 Å². The molecule has 29 heavy (non-hydrogen) atoms. The van der Waals surface area contributed by atoms with E-state index in [9.17, 15) is 4.79 Å². The molecule has 2 atom stereocenters. The normalized spacial score (nSPS) is 22.8. The lowest BCUT2D eigenvalue weighted by Gasteiger charge is -2.41. The predicted octanol–water partition coefficient (Wildman–Crippen LogP) is 3.42. The number of nitrogens with two attached hydrogens (primary N) is 1. The maximum Gasteiger partial charge on any atom is 0.239 e. The van der Waals surface area contributed by atoms with Gasteiger partial charge in [0.2, 0.25) is 5.91 Å². The van der Waals surface area contributed by atoms with E-state index in [4.69, 9.17) is 10.7 Å². The molecule has 0 saturated carbocycles. The first-order valence-electron chi connectivity index (χ1n) is 9.78. The van der Waals surface area contributed by atoms with Gasteiger partial charge in [0.1, 0.15) is 11.2 Å². The van der Waals surface area contributed by atoms with Gasteiger partial charge < -0.3 is 10.1 Å². The van der Waals surface area contributed by atoms with Crippen LogP contribution in [0.3, 0.4) is 0 Å². The Kier molecular flexibility index (Phi) is 4.26. The Hall–Kier alpha value is -3.15. The van der Waals surface area contributed by atoms with Crippen LogP contribution >= 0.6 is 0 Å². The molecule has 0 radical (unpaired) electrons. The monoisotopic (exact) mass is 389 g/mol. The molecule has 150 valence electrons. The minimum atomic E-state index is -0.824. The van der Waals surface area contributed by atoms with Gasteiger partial charge in [0.05, 0.1) is 5.92 Å². The van der Waals surface area contributed by atoms with Crippen molar-refractivity contribution in [3.05, 3.63) is 71.7 Å². The Morgan fingerprint density at radius 3 is 2.45 bits per heavy atom. The van der Waals surface area contributed by atoms with Crippen molar-refractivity contribution >= 4 is 17.5 Å². The van der Waals surface area contributed by atoms with Gasteiger partial charge in [0.15, 0.2) is 5.96 Å². The minimum Gasteiger partial charge on any atom is -0.369 e. The average molecular weight is 390 g/mol. The van der Waals surface area contributed by atoms with Crippen molar-refractivity contribution in [1.82, 2.24) is 14.3 Å². The molecular formula is C23H27N5O. The van der Waals surface area contributed by atoms with E-state index in [1.54, 1.807) is 13.2 Å². The van der Waals surface area contributed by atoms with Crippen LogP contribution in [-0.4, -0.2) is 33.2 Å². The molecule has 3 aromatic rings. The highest BCUT2D eigenvalue weighted by Crippen LogP contribution is 2.44. The summed E-state index contributed by atoms with van der Waals surface area (Å²) in [6, 6.07) is 12.2. The summed E-state index contributed by atoms with van der Waals surface area (Å²) in [6.07, 6.45) is 5.62. The number of rotatable bonds is 2. The number of amides is 1. The number of likely N-dealkylation sites (N-methyl/N-ethyl adjacent to an activating group) is 1. The van der Waals surface area contributed by atoms with Crippen molar-refractivity contribution in [2.45, 2.75) is 44.6 Å². The summed E-state index contributed by atoms with van der Waals surface area (Å²) in [5.41, 5.74) is 9.27. The number of carbonyl (C=O) groups is 1. The molecule has 0 unspecified atom stereocenters. The zero-order valence-electron chi connectivity index (χ0n) is 17.5. The highest BCUT2D eigenvalue weighted by atomic mass is 16.2. The molecule has 4 rings (SSSR count). The van der Waals surface area contributed by atoms with Crippen molar-refractivity contribution < 1.29 is 4.79 Å². The van der Waals surface area contributed by atoms with Crippen LogP contribution in [0.4, 0.5) is 0 Å². The smallest absolute Gasteiger partial charge is 0.239 e. The van der Waals surface area contributed by atoms with Gasteiger partial charge in [-0.1, -0.05) is 51.1 Å². The summed E-state index contributed by atoms with van der Waals surface area (Å²) >= 11 is 0. The highest BCUT2D eigenvalue weighted by Gasteiger charge is 2.47. The predicted molar refractivity (Wildman–Crippen MR) is 115 cm³/mol. The number of fused-ring (bicyclic) bond motifs is 1. The number of pyridine rings is 1. The number of guanidine groups is 1. The lowest BCUT2D eigenvalue weighted by molar-refractivity contribution is -0.130. The number of aromatic nitrogens is 2. The second-order valence-corrected chi connectivity index (χ2v) is 8.93. The van der Waals surface area contributed by atoms with Crippen LogP contribution in [-0.2, 0) is 15.7 Å².